The molecule has 0 saturated carbocycles. The Morgan fingerprint density at radius 2 is 2.25 bits per heavy atom. The fourth-order valence-electron chi connectivity index (χ4n) is 1.65. The molecule has 0 bridgehead atoms. The van der Waals surface area contributed by atoms with Crippen molar-refractivity contribution in [2.24, 2.45) is 0 Å². The Kier molecular flexibility index (Phi) is 6.03. The Morgan fingerprint density at radius 3 is 2.70 bits per heavy atom. The van der Waals surface area contributed by atoms with Crippen molar-refractivity contribution in [3.8, 4) is 0 Å². The molecule has 0 radical (unpaired) electrons. The number of sulfonamides is 1. The minimum Gasteiger partial charge on any atom is -0.480 e. The van der Waals surface area contributed by atoms with Crippen LogP contribution >= 0.6 is 11.8 Å². The quantitative estimate of drug-likeness (QED) is 0.731. The van der Waals surface area contributed by atoms with Crippen LogP contribution in [0.5, 0.6) is 0 Å². The summed E-state index contributed by atoms with van der Waals surface area (Å²) in [5, 5.41) is 8.91. The van der Waals surface area contributed by atoms with E-state index in [0.717, 1.165) is 0 Å². The molecule has 0 aliphatic carbocycles. The highest BCUT2D eigenvalue weighted by Crippen LogP contribution is 2.11. The van der Waals surface area contributed by atoms with Gasteiger partial charge in [0.25, 0.3) is 10.0 Å². The van der Waals surface area contributed by atoms with Crippen LogP contribution in [-0.2, 0) is 21.4 Å². The number of hydrogen-bond acceptors (Lipinski definition) is 5. The van der Waals surface area contributed by atoms with E-state index >= 15 is 0 Å². The highest BCUT2D eigenvalue weighted by Gasteiger charge is 2.27. The molecule has 9 heteroatoms. The number of hydrogen-bond donors (Lipinski definition) is 2. The van der Waals surface area contributed by atoms with Crippen LogP contribution in [0.2, 0.25) is 0 Å². The Morgan fingerprint density at radius 1 is 1.60 bits per heavy atom. The first kappa shape index (κ1) is 17.0. The summed E-state index contributed by atoms with van der Waals surface area (Å²) >= 11 is 1.46. The maximum Gasteiger partial charge on any atom is 0.321 e. The number of aryl methyl sites for hydroxylation is 2. The van der Waals surface area contributed by atoms with Gasteiger partial charge in [0.2, 0.25) is 0 Å². The minimum absolute atomic E-state index is 0.146. The molecule has 0 aromatic carbocycles. The van der Waals surface area contributed by atoms with Crippen LogP contribution in [0, 0.1) is 6.92 Å². The predicted molar refractivity (Wildman–Crippen MR) is 77.4 cm³/mol. The van der Waals surface area contributed by atoms with Crippen molar-refractivity contribution in [2.45, 2.75) is 37.9 Å². The minimum atomic E-state index is -3.92. The van der Waals surface area contributed by atoms with Crippen LogP contribution in [0.3, 0.4) is 0 Å². The molecule has 1 atom stereocenters. The number of imidazole rings is 1. The fourth-order valence-corrected chi connectivity index (χ4v) is 3.35. The predicted octanol–water partition coefficient (Wildman–Crippen LogP) is 0.696. The van der Waals surface area contributed by atoms with E-state index in [-0.39, 0.29) is 11.4 Å². The number of nitrogens with one attached hydrogen (secondary N) is 1. The number of aromatic nitrogens is 2. The van der Waals surface area contributed by atoms with E-state index in [1.807, 2.05) is 13.2 Å². The van der Waals surface area contributed by atoms with Gasteiger partial charge >= 0.3 is 5.97 Å². The molecule has 2 N–H and O–H groups in total. The molecule has 0 spiro atoms. The molecule has 0 aliphatic rings. The molecule has 7 nitrogen and oxygen atoms in total. The van der Waals surface area contributed by atoms with Gasteiger partial charge in [0.1, 0.15) is 11.9 Å². The monoisotopic (exact) mass is 321 g/mol. The maximum absolute atomic E-state index is 12.1. The van der Waals surface area contributed by atoms with Gasteiger partial charge in [-0.1, -0.05) is 0 Å². The molecule has 0 amide bonds. The number of nitrogens with zero attached hydrogens (tertiary/aromatic N) is 2. The van der Waals surface area contributed by atoms with Gasteiger partial charge in [-0.15, -0.1) is 0 Å². The molecular weight excluding hydrogens is 302 g/mol. The summed E-state index contributed by atoms with van der Waals surface area (Å²) in [5.74, 6) is -0.0554. The number of thioether (sulfide) groups is 1. The third kappa shape index (κ3) is 4.22. The molecule has 0 unspecified atom stereocenters. The van der Waals surface area contributed by atoms with E-state index in [1.54, 1.807) is 11.5 Å². The summed E-state index contributed by atoms with van der Waals surface area (Å²) in [7, 11) is -3.92. The molecular formula is C11H19N3O4S2. The summed E-state index contributed by atoms with van der Waals surface area (Å²) in [5.41, 5.74) is 0. The van der Waals surface area contributed by atoms with Gasteiger partial charge in [-0.2, -0.15) is 16.5 Å². The summed E-state index contributed by atoms with van der Waals surface area (Å²) < 4.78 is 28.1. The van der Waals surface area contributed by atoms with Crippen molar-refractivity contribution in [3.63, 3.8) is 0 Å². The Bertz CT molecular complexity index is 568. The molecule has 0 fully saturated rings. The summed E-state index contributed by atoms with van der Waals surface area (Å²) in [6.07, 6.45) is 3.47. The first-order valence-corrected chi connectivity index (χ1v) is 8.97. The van der Waals surface area contributed by atoms with Crippen molar-refractivity contribution in [1.29, 1.82) is 0 Å². The van der Waals surface area contributed by atoms with Gasteiger partial charge in [-0.05, 0) is 32.3 Å². The van der Waals surface area contributed by atoms with E-state index in [0.29, 0.717) is 18.1 Å². The number of carboxylic acid groups (broad SMARTS) is 1. The summed E-state index contributed by atoms with van der Waals surface area (Å²) in [6, 6.07) is -1.14. The normalized spacial score (nSPS) is 13.3. The summed E-state index contributed by atoms with van der Waals surface area (Å²) in [4.78, 5) is 15.0. The zero-order chi connectivity index (χ0) is 15.3. The van der Waals surface area contributed by atoms with Crippen molar-refractivity contribution < 1.29 is 18.3 Å². The third-order valence-corrected chi connectivity index (χ3v) is 4.76. The zero-order valence-electron chi connectivity index (χ0n) is 11.7. The fraction of sp³-hybridized carbons (Fsp3) is 0.636. The number of carboxylic acids is 1. The lowest BCUT2D eigenvalue weighted by Gasteiger charge is -2.12. The number of carbonyl (C=O) groups is 1. The number of rotatable bonds is 8. The van der Waals surface area contributed by atoms with Gasteiger partial charge < -0.3 is 9.67 Å². The summed E-state index contributed by atoms with van der Waals surface area (Å²) in [6.45, 7) is 4.17. The Hall–Kier alpha value is -1.06. The second-order valence-electron chi connectivity index (χ2n) is 4.21. The van der Waals surface area contributed by atoms with Gasteiger partial charge in [0.15, 0.2) is 5.03 Å². The van der Waals surface area contributed by atoms with Gasteiger partial charge in [0.05, 0.1) is 0 Å². The van der Waals surface area contributed by atoms with E-state index < -0.39 is 22.0 Å². The molecule has 1 heterocycles. The average molecular weight is 321 g/mol. The smallest absolute Gasteiger partial charge is 0.321 e. The average Bonchev–Trinajstić information content (AvgIpc) is 2.76. The SMILES string of the molecule is CCn1cc(S(=O)(=O)N[C@H](CCSC)C(=O)O)nc1C. The van der Waals surface area contributed by atoms with Gasteiger partial charge in [0, 0.05) is 12.7 Å². The second-order valence-corrected chi connectivity index (χ2v) is 6.85. The second kappa shape index (κ2) is 7.09. The van der Waals surface area contributed by atoms with Crippen LogP contribution < -0.4 is 4.72 Å². The third-order valence-electron chi connectivity index (χ3n) is 2.78. The largest absolute Gasteiger partial charge is 0.480 e. The van der Waals surface area contributed by atoms with Crippen LogP contribution in [0.1, 0.15) is 19.2 Å². The first-order valence-electron chi connectivity index (χ1n) is 6.09. The van der Waals surface area contributed by atoms with Crippen LogP contribution in [-0.4, -0.2) is 47.1 Å². The van der Waals surface area contributed by atoms with Gasteiger partial charge in [-0.25, -0.2) is 13.4 Å². The molecule has 1 aromatic heterocycles. The molecule has 114 valence electrons. The molecule has 0 aliphatic heterocycles. The zero-order valence-corrected chi connectivity index (χ0v) is 13.3. The maximum atomic E-state index is 12.1. The van der Waals surface area contributed by atoms with Gasteiger partial charge in [-0.3, -0.25) is 4.79 Å². The van der Waals surface area contributed by atoms with Crippen LogP contribution in [0.25, 0.3) is 0 Å². The highest BCUT2D eigenvalue weighted by atomic mass is 32.2. The van der Waals surface area contributed by atoms with Crippen molar-refractivity contribution in [1.82, 2.24) is 14.3 Å². The molecule has 1 aromatic rings. The first-order chi connectivity index (χ1) is 9.31. The Labute approximate surface area is 122 Å². The molecule has 0 saturated heterocycles. The lowest BCUT2D eigenvalue weighted by molar-refractivity contribution is -0.139. The van der Waals surface area contributed by atoms with E-state index in [2.05, 4.69) is 9.71 Å². The number of aliphatic carboxylic acids is 1. The lowest BCUT2D eigenvalue weighted by Crippen LogP contribution is -2.41. The lowest BCUT2D eigenvalue weighted by atomic mass is 10.2. The van der Waals surface area contributed by atoms with Crippen LogP contribution in [0.15, 0.2) is 11.2 Å². The molecule has 20 heavy (non-hydrogen) atoms. The standard InChI is InChI=1S/C11H19N3O4S2/c1-4-14-7-10(12-8(14)2)20(17,18)13-9(11(15)16)5-6-19-3/h7,9,13H,4-6H2,1-3H3,(H,15,16)/t9-/m1/s1. The van der Waals surface area contributed by atoms with Crippen molar-refractivity contribution in [3.05, 3.63) is 12.0 Å². The van der Waals surface area contributed by atoms with E-state index in [4.69, 9.17) is 5.11 Å². The van der Waals surface area contributed by atoms with Crippen LogP contribution in [0.4, 0.5) is 0 Å². The molecule has 1 rings (SSSR count). The van der Waals surface area contributed by atoms with Crippen molar-refractivity contribution in [2.75, 3.05) is 12.0 Å². The van der Waals surface area contributed by atoms with E-state index in [1.165, 1.54) is 18.0 Å². The topological polar surface area (TPSA) is 101 Å². The van der Waals surface area contributed by atoms with Crippen molar-refractivity contribution >= 4 is 27.8 Å². The highest BCUT2D eigenvalue weighted by molar-refractivity contribution is 7.98. The van der Waals surface area contributed by atoms with E-state index in [9.17, 15) is 13.2 Å². The Balaban J connectivity index is 2.94.